The van der Waals surface area contributed by atoms with Gasteiger partial charge in [0.25, 0.3) is 0 Å². The van der Waals surface area contributed by atoms with Crippen LogP contribution in [0.25, 0.3) is 0 Å². The van der Waals surface area contributed by atoms with Gasteiger partial charge in [0, 0.05) is 6.61 Å². The summed E-state index contributed by atoms with van der Waals surface area (Å²) < 4.78 is 10.8. The zero-order valence-electron chi connectivity index (χ0n) is 9.85. The van der Waals surface area contributed by atoms with E-state index in [2.05, 4.69) is 18.8 Å². The van der Waals surface area contributed by atoms with E-state index in [1.807, 2.05) is 0 Å². The maximum Gasteiger partial charge on any atom is 0.137 e. The molecule has 0 aromatic carbocycles. The molecule has 0 unspecified atom stereocenters. The highest BCUT2D eigenvalue weighted by atomic mass is 16.5. The molecule has 1 rings (SSSR count). The van der Waals surface area contributed by atoms with Crippen LogP contribution in [0.3, 0.4) is 0 Å². The second-order valence-corrected chi connectivity index (χ2v) is 3.96. The average molecular weight is 225 g/mol. The molecule has 0 saturated carbocycles. The first kappa shape index (κ1) is 12.9. The first-order valence-corrected chi connectivity index (χ1v) is 5.48. The standard InChI is InChI=1S/C12H19NO3/c1-10(2)9-15-5-6-16-12-4-3-11(8-14)13-7-12/h3-4,7,10,14H,5-6,8-9H2,1-2H3. The number of nitrogens with zero attached hydrogens (tertiary/aromatic N) is 1. The van der Waals surface area contributed by atoms with Gasteiger partial charge < -0.3 is 14.6 Å². The molecule has 16 heavy (non-hydrogen) atoms. The van der Waals surface area contributed by atoms with Crippen molar-refractivity contribution in [2.24, 2.45) is 5.92 Å². The van der Waals surface area contributed by atoms with Crippen molar-refractivity contribution < 1.29 is 14.6 Å². The van der Waals surface area contributed by atoms with Crippen molar-refractivity contribution >= 4 is 0 Å². The quantitative estimate of drug-likeness (QED) is 0.716. The number of aliphatic hydroxyl groups excluding tert-OH is 1. The molecule has 1 N–H and O–H groups in total. The van der Waals surface area contributed by atoms with Crippen LogP contribution in [-0.4, -0.2) is 29.9 Å². The zero-order valence-corrected chi connectivity index (χ0v) is 9.85. The second kappa shape index (κ2) is 7.19. The minimum absolute atomic E-state index is 0.0439. The number of hydrogen-bond donors (Lipinski definition) is 1. The molecule has 0 amide bonds. The smallest absolute Gasteiger partial charge is 0.137 e. The maximum atomic E-state index is 8.80. The van der Waals surface area contributed by atoms with E-state index in [9.17, 15) is 0 Å². The van der Waals surface area contributed by atoms with Crippen LogP contribution >= 0.6 is 0 Å². The molecule has 90 valence electrons. The van der Waals surface area contributed by atoms with Gasteiger partial charge in [-0.2, -0.15) is 0 Å². The Hall–Kier alpha value is -1.13. The molecular formula is C12H19NO3. The van der Waals surface area contributed by atoms with Gasteiger partial charge in [0.05, 0.1) is 25.1 Å². The molecule has 1 aromatic rings. The Morgan fingerprint density at radius 1 is 1.31 bits per heavy atom. The van der Waals surface area contributed by atoms with Gasteiger partial charge in [-0.25, -0.2) is 0 Å². The summed E-state index contributed by atoms with van der Waals surface area (Å²) in [6.45, 7) is 6.03. The number of pyridine rings is 1. The summed E-state index contributed by atoms with van der Waals surface area (Å²) >= 11 is 0. The summed E-state index contributed by atoms with van der Waals surface area (Å²) in [5.74, 6) is 1.25. The molecule has 0 fully saturated rings. The van der Waals surface area contributed by atoms with E-state index in [4.69, 9.17) is 14.6 Å². The van der Waals surface area contributed by atoms with Crippen molar-refractivity contribution in [2.75, 3.05) is 19.8 Å². The molecule has 0 aliphatic carbocycles. The van der Waals surface area contributed by atoms with Gasteiger partial charge in [-0.05, 0) is 18.1 Å². The van der Waals surface area contributed by atoms with Crippen LogP contribution in [0.5, 0.6) is 5.75 Å². The number of hydrogen-bond acceptors (Lipinski definition) is 4. The number of aliphatic hydroxyl groups is 1. The monoisotopic (exact) mass is 225 g/mol. The molecule has 4 nitrogen and oxygen atoms in total. The Morgan fingerprint density at radius 2 is 2.12 bits per heavy atom. The van der Waals surface area contributed by atoms with Crippen LogP contribution in [0.2, 0.25) is 0 Å². The van der Waals surface area contributed by atoms with E-state index >= 15 is 0 Å². The third kappa shape index (κ3) is 5.09. The molecule has 4 heteroatoms. The predicted octanol–water partition coefficient (Wildman–Crippen LogP) is 1.63. The van der Waals surface area contributed by atoms with Gasteiger partial charge in [-0.3, -0.25) is 4.98 Å². The first-order valence-electron chi connectivity index (χ1n) is 5.48. The molecule has 0 aliphatic heterocycles. The Kier molecular flexibility index (Phi) is 5.82. The van der Waals surface area contributed by atoms with Crippen molar-refractivity contribution in [1.82, 2.24) is 4.98 Å². The Bertz CT molecular complexity index is 285. The van der Waals surface area contributed by atoms with E-state index in [1.165, 1.54) is 0 Å². The lowest BCUT2D eigenvalue weighted by molar-refractivity contribution is 0.0818. The SMILES string of the molecule is CC(C)COCCOc1ccc(CO)nc1. The summed E-state index contributed by atoms with van der Waals surface area (Å²) in [6.07, 6.45) is 1.61. The molecule has 0 aliphatic rings. The van der Waals surface area contributed by atoms with E-state index in [0.29, 0.717) is 30.6 Å². The molecule has 1 heterocycles. The molecule has 0 saturated heterocycles. The summed E-state index contributed by atoms with van der Waals surface area (Å²) in [5, 5.41) is 8.80. The fourth-order valence-electron chi connectivity index (χ4n) is 1.13. The fraction of sp³-hybridized carbons (Fsp3) is 0.583. The Morgan fingerprint density at radius 3 is 2.69 bits per heavy atom. The van der Waals surface area contributed by atoms with E-state index in [1.54, 1.807) is 18.3 Å². The lowest BCUT2D eigenvalue weighted by atomic mass is 10.2. The minimum atomic E-state index is -0.0439. The maximum absolute atomic E-state index is 8.80. The van der Waals surface area contributed by atoms with Crippen LogP contribution in [0.1, 0.15) is 19.5 Å². The summed E-state index contributed by atoms with van der Waals surface area (Å²) in [5.41, 5.74) is 0.642. The molecule has 1 aromatic heterocycles. The third-order valence-corrected chi connectivity index (χ3v) is 1.91. The first-order chi connectivity index (χ1) is 7.72. The van der Waals surface area contributed by atoms with Gasteiger partial charge in [0.15, 0.2) is 0 Å². The van der Waals surface area contributed by atoms with E-state index in [0.717, 1.165) is 6.61 Å². The topological polar surface area (TPSA) is 51.6 Å². The molecule has 0 spiro atoms. The number of ether oxygens (including phenoxy) is 2. The van der Waals surface area contributed by atoms with Crippen molar-refractivity contribution in [3.63, 3.8) is 0 Å². The molecule has 0 radical (unpaired) electrons. The van der Waals surface area contributed by atoms with Crippen molar-refractivity contribution in [2.45, 2.75) is 20.5 Å². The van der Waals surface area contributed by atoms with Crippen LogP contribution in [0.4, 0.5) is 0 Å². The zero-order chi connectivity index (χ0) is 11.8. The van der Waals surface area contributed by atoms with Crippen molar-refractivity contribution in [3.8, 4) is 5.75 Å². The van der Waals surface area contributed by atoms with Gasteiger partial charge in [-0.1, -0.05) is 13.8 Å². The summed E-state index contributed by atoms with van der Waals surface area (Å²) in [4.78, 5) is 4.01. The van der Waals surface area contributed by atoms with Crippen molar-refractivity contribution in [3.05, 3.63) is 24.0 Å². The van der Waals surface area contributed by atoms with Crippen LogP contribution in [0, 0.1) is 5.92 Å². The van der Waals surface area contributed by atoms with E-state index < -0.39 is 0 Å². The molecule has 0 bridgehead atoms. The average Bonchev–Trinajstić information content (AvgIpc) is 2.29. The predicted molar refractivity (Wildman–Crippen MR) is 61.3 cm³/mol. The highest BCUT2D eigenvalue weighted by Crippen LogP contribution is 2.08. The lowest BCUT2D eigenvalue weighted by Crippen LogP contribution is -2.10. The number of aromatic nitrogens is 1. The highest BCUT2D eigenvalue weighted by Gasteiger charge is 1.97. The van der Waals surface area contributed by atoms with Gasteiger partial charge in [0.1, 0.15) is 12.4 Å². The van der Waals surface area contributed by atoms with Gasteiger partial charge in [0.2, 0.25) is 0 Å². The van der Waals surface area contributed by atoms with Crippen LogP contribution in [0.15, 0.2) is 18.3 Å². The molecular weight excluding hydrogens is 206 g/mol. The highest BCUT2D eigenvalue weighted by molar-refractivity contribution is 5.19. The Labute approximate surface area is 96.2 Å². The lowest BCUT2D eigenvalue weighted by Gasteiger charge is -2.08. The van der Waals surface area contributed by atoms with Gasteiger partial charge in [-0.15, -0.1) is 0 Å². The van der Waals surface area contributed by atoms with Crippen LogP contribution < -0.4 is 4.74 Å². The normalized spacial score (nSPS) is 10.8. The third-order valence-electron chi connectivity index (χ3n) is 1.91. The van der Waals surface area contributed by atoms with Crippen LogP contribution in [-0.2, 0) is 11.3 Å². The molecule has 0 atom stereocenters. The van der Waals surface area contributed by atoms with E-state index in [-0.39, 0.29) is 6.61 Å². The minimum Gasteiger partial charge on any atom is -0.490 e. The van der Waals surface area contributed by atoms with Gasteiger partial charge >= 0.3 is 0 Å². The second-order valence-electron chi connectivity index (χ2n) is 3.96. The van der Waals surface area contributed by atoms with Crippen molar-refractivity contribution in [1.29, 1.82) is 0 Å². The summed E-state index contributed by atoms with van der Waals surface area (Å²) in [7, 11) is 0. The largest absolute Gasteiger partial charge is 0.490 e. The Balaban J connectivity index is 2.16. The number of rotatable bonds is 7. The summed E-state index contributed by atoms with van der Waals surface area (Å²) in [6, 6.07) is 3.53. The fourth-order valence-corrected chi connectivity index (χ4v) is 1.13.